The molecule has 1 heterocycles. The molecule has 6 nitrogen and oxygen atoms in total. The third-order valence-electron chi connectivity index (χ3n) is 3.95. The Morgan fingerprint density at radius 2 is 1.75 bits per heavy atom. The van der Waals surface area contributed by atoms with Crippen molar-refractivity contribution in [1.29, 1.82) is 0 Å². The SMILES string of the molecule is Nc1cc(NC(=O)c2ccc(CNC(=O)/C=C/c3ccccc3)cc2)ccn1. The number of pyridine rings is 1. The van der Waals surface area contributed by atoms with E-state index in [9.17, 15) is 9.59 Å². The maximum absolute atomic E-state index is 12.3. The van der Waals surface area contributed by atoms with Crippen LogP contribution >= 0.6 is 0 Å². The molecule has 0 bridgehead atoms. The molecule has 28 heavy (non-hydrogen) atoms. The van der Waals surface area contributed by atoms with Crippen LogP contribution in [0.1, 0.15) is 21.5 Å². The van der Waals surface area contributed by atoms with Gasteiger partial charge in [-0.15, -0.1) is 0 Å². The van der Waals surface area contributed by atoms with E-state index in [0.717, 1.165) is 11.1 Å². The van der Waals surface area contributed by atoms with E-state index in [1.807, 2.05) is 30.3 Å². The fraction of sp³-hybridized carbons (Fsp3) is 0.0455. The van der Waals surface area contributed by atoms with E-state index in [1.165, 1.54) is 12.3 Å². The van der Waals surface area contributed by atoms with Gasteiger partial charge in [-0.05, 0) is 35.4 Å². The summed E-state index contributed by atoms with van der Waals surface area (Å²) in [6.45, 7) is 0.376. The van der Waals surface area contributed by atoms with Crippen molar-refractivity contribution in [3.63, 3.8) is 0 Å². The normalized spacial score (nSPS) is 10.6. The van der Waals surface area contributed by atoms with Gasteiger partial charge < -0.3 is 16.4 Å². The molecule has 0 atom stereocenters. The predicted octanol–water partition coefficient (Wildman–Crippen LogP) is 3.25. The summed E-state index contributed by atoms with van der Waals surface area (Å²) >= 11 is 0. The molecule has 0 aliphatic rings. The van der Waals surface area contributed by atoms with Crippen LogP contribution in [-0.2, 0) is 11.3 Å². The zero-order valence-corrected chi connectivity index (χ0v) is 15.1. The highest BCUT2D eigenvalue weighted by Crippen LogP contribution is 2.12. The molecule has 0 radical (unpaired) electrons. The molecule has 0 saturated carbocycles. The fourth-order valence-electron chi connectivity index (χ4n) is 2.49. The smallest absolute Gasteiger partial charge is 0.255 e. The zero-order valence-electron chi connectivity index (χ0n) is 15.1. The van der Waals surface area contributed by atoms with Crippen molar-refractivity contribution >= 4 is 29.4 Å². The number of nitrogens with one attached hydrogen (secondary N) is 2. The molecular formula is C22H20N4O2. The number of nitrogens with zero attached hydrogens (tertiary/aromatic N) is 1. The van der Waals surface area contributed by atoms with E-state index in [-0.39, 0.29) is 11.8 Å². The van der Waals surface area contributed by atoms with Gasteiger partial charge in [0.2, 0.25) is 5.91 Å². The number of hydrogen-bond acceptors (Lipinski definition) is 4. The Morgan fingerprint density at radius 1 is 1.00 bits per heavy atom. The van der Waals surface area contributed by atoms with Gasteiger partial charge in [0, 0.05) is 36.1 Å². The summed E-state index contributed by atoms with van der Waals surface area (Å²) < 4.78 is 0. The highest BCUT2D eigenvalue weighted by atomic mass is 16.2. The van der Waals surface area contributed by atoms with Crippen LogP contribution in [0.3, 0.4) is 0 Å². The van der Waals surface area contributed by atoms with Gasteiger partial charge in [0.1, 0.15) is 5.82 Å². The summed E-state index contributed by atoms with van der Waals surface area (Å²) in [7, 11) is 0. The Labute approximate surface area is 163 Å². The Morgan fingerprint density at radius 3 is 2.46 bits per heavy atom. The highest BCUT2D eigenvalue weighted by molar-refractivity contribution is 6.04. The molecule has 2 amide bonds. The average Bonchev–Trinajstić information content (AvgIpc) is 2.72. The predicted molar refractivity (Wildman–Crippen MR) is 110 cm³/mol. The number of rotatable bonds is 6. The summed E-state index contributed by atoms with van der Waals surface area (Å²) in [5.41, 5.74) is 8.55. The molecule has 6 heteroatoms. The number of nitrogens with two attached hydrogens (primary N) is 1. The summed E-state index contributed by atoms with van der Waals surface area (Å²) in [6, 6.07) is 19.9. The lowest BCUT2D eigenvalue weighted by atomic mass is 10.1. The molecule has 0 unspecified atom stereocenters. The lowest BCUT2D eigenvalue weighted by molar-refractivity contribution is -0.116. The van der Waals surface area contributed by atoms with Crippen molar-refractivity contribution in [2.24, 2.45) is 0 Å². The van der Waals surface area contributed by atoms with Crippen LogP contribution in [0.5, 0.6) is 0 Å². The first-order valence-electron chi connectivity index (χ1n) is 8.73. The summed E-state index contributed by atoms with van der Waals surface area (Å²) in [4.78, 5) is 28.1. The van der Waals surface area contributed by atoms with Crippen LogP contribution < -0.4 is 16.4 Å². The molecule has 0 aliphatic heterocycles. The number of aromatic nitrogens is 1. The Balaban J connectivity index is 1.52. The van der Waals surface area contributed by atoms with E-state index >= 15 is 0 Å². The highest BCUT2D eigenvalue weighted by Gasteiger charge is 2.07. The number of amides is 2. The third kappa shape index (κ3) is 5.54. The molecule has 0 aliphatic carbocycles. The minimum Gasteiger partial charge on any atom is -0.384 e. The molecule has 0 saturated heterocycles. The first-order chi connectivity index (χ1) is 13.6. The van der Waals surface area contributed by atoms with E-state index in [0.29, 0.717) is 23.6 Å². The minimum absolute atomic E-state index is 0.180. The van der Waals surface area contributed by atoms with Crippen molar-refractivity contribution in [2.75, 3.05) is 11.1 Å². The maximum Gasteiger partial charge on any atom is 0.255 e. The van der Waals surface area contributed by atoms with Gasteiger partial charge in [0.15, 0.2) is 0 Å². The second-order valence-electron chi connectivity index (χ2n) is 6.08. The largest absolute Gasteiger partial charge is 0.384 e. The molecule has 2 aromatic carbocycles. The molecule has 3 aromatic rings. The second kappa shape index (κ2) is 9.14. The maximum atomic E-state index is 12.3. The third-order valence-corrected chi connectivity index (χ3v) is 3.95. The van der Waals surface area contributed by atoms with Crippen LogP contribution in [0.2, 0.25) is 0 Å². The quantitative estimate of drug-likeness (QED) is 0.579. The Kier molecular flexibility index (Phi) is 6.15. The Hall–Kier alpha value is -3.93. The lowest BCUT2D eigenvalue weighted by Crippen LogP contribution is -2.20. The van der Waals surface area contributed by atoms with E-state index in [1.54, 1.807) is 42.5 Å². The first kappa shape index (κ1) is 18.8. The van der Waals surface area contributed by atoms with Crippen molar-refractivity contribution in [3.8, 4) is 0 Å². The number of nitrogen functional groups attached to an aromatic ring is 1. The molecular weight excluding hydrogens is 352 g/mol. The number of carbonyl (C=O) groups excluding carboxylic acids is 2. The number of anilines is 2. The van der Waals surface area contributed by atoms with Crippen LogP contribution in [0.25, 0.3) is 6.08 Å². The number of carbonyl (C=O) groups is 2. The monoisotopic (exact) mass is 372 g/mol. The molecule has 1 aromatic heterocycles. The molecule has 3 rings (SSSR count). The fourth-order valence-corrected chi connectivity index (χ4v) is 2.49. The average molecular weight is 372 g/mol. The van der Waals surface area contributed by atoms with Gasteiger partial charge in [0.05, 0.1) is 0 Å². The van der Waals surface area contributed by atoms with Crippen molar-refractivity contribution in [1.82, 2.24) is 10.3 Å². The van der Waals surface area contributed by atoms with Gasteiger partial charge in [-0.25, -0.2) is 4.98 Å². The van der Waals surface area contributed by atoms with E-state index in [2.05, 4.69) is 15.6 Å². The first-order valence-corrected chi connectivity index (χ1v) is 8.73. The molecule has 0 fully saturated rings. The van der Waals surface area contributed by atoms with Gasteiger partial charge in [0.25, 0.3) is 5.91 Å². The summed E-state index contributed by atoms with van der Waals surface area (Å²) in [6.07, 6.45) is 4.79. The van der Waals surface area contributed by atoms with E-state index in [4.69, 9.17) is 5.73 Å². The summed E-state index contributed by atoms with van der Waals surface area (Å²) in [5.74, 6) is -0.0851. The van der Waals surface area contributed by atoms with Gasteiger partial charge in [-0.2, -0.15) is 0 Å². The number of hydrogen-bond donors (Lipinski definition) is 3. The lowest BCUT2D eigenvalue weighted by Gasteiger charge is -2.07. The summed E-state index contributed by atoms with van der Waals surface area (Å²) in [5, 5.41) is 5.58. The van der Waals surface area contributed by atoms with Crippen molar-refractivity contribution in [3.05, 3.63) is 95.7 Å². The van der Waals surface area contributed by atoms with Gasteiger partial charge in [-0.1, -0.05) is 42.5 Å². The van der Waals surface area contributed by atoms with Gasteiger partial charge >= 0.3 is 0 Å². The van der Waals surface area contributed by atoms with E-state index < -0.39 is 0 Å². The van der Waals surface area contributed by atoms with Crippen LogP contribution in [-0.4, -0.2) is 16.8 Å². The van der Waals surface area contributed by atoms with Crippen LogP contribution in [0.15, 0.2) is 79.0 Å². The van der Waals surface area contributed by atoms with Crippen molar-refractivity contribution in [2.45, 2.75) is 6.54 Å². The molecule has 4 N–H and O–H groups in total. The van der Waals surface area contributed by atoms with Gasteiger partial charge in [-0.3, -0.25) is 9.59 Å². The minimum atomic E-state index is -0.244. The molecule has 140 valence electrons. The molecule has 0 spiro atoms. The van der Waals surface area contributed by atoms with Crippen molar-refractivity contribution < 1.29 is 9.59 Å². The van der Waals surface area contributed by atoms with Crippen LogP contribution in [0, 0.1) is 0 Å². The number of benzene rings is 2. The van der Waals surface area contributed by atoms with Crippen LogP contribution in [0.4, 0.5) is 11.5 Å². The standard InChI is InChI=1S/C22H20N4O2/c23-20-14-19(12-13-24-20)26-22(28)18-9-6-17(7-10-18)15-25-21(27)11-8-16-4-2-1-3-5-16/h1-14H,15H2,(H,25,27)(H3,23,24,26,28)/b11-8+. The Bertz CT molecular complexity index is 983. The topological polar surface area (TPSA) is 97.1 Å². The second-order valence-corrected chi connectivity index (χ2v) is 6.08. The zero-order chi connectivity index (χ0) is 19.8.